The van der Waals surface area contributed by atoms with E-state index in [0.29, 0.717) is 11.6 Å². The fraction of sp³-hybridized carbons (Fsp3) is 0.222. The van der Waals surface area contributed by atoms with Gasteiger partial charge in [-0.05, 0) is 23.3 Å². The third-order valence-electron chi connectivity index (χ3n) is 3.58. The number of hydrogen-bond donors (Lipinski definition) is 2. The van der Waals surface area contributed by atoms with Crippen molar-refractivity contribution in [1.82, 2.24) is 5.32 Å². The number of aliphatic hydroxyl groups excluding tert-OH is 1. The van der Waals surface area contributed by atoms with Gasteiger partial charge in [-0.1, -0.05) is 24.3 Å². The number of carbonyl (C=O) groups is 2. The molecule has 0 fully saturated rings. The fourth-order valence-corrected chi connectivity index (χ4v) is 2.24. The lowest BCUT2D eigenvalue weighted by molar-refractivity contribution is -0.121. The predicted octanol–water partition coefficient (Wildman–Crippen LogP) is 2.74. The van der Waals surface area contributed by atoms with Crippen molar-refractivity contribution in [2.24, 2.45) is 0 Å². The van der Waals surface area contributed by atoms with Crippen LogP contribution in [0.25, 0.3) is 0 Å². The second-order valence-corrected chi connectivity index (χ2v) is 5.25. The van der Waals surface area contributed by atoms with Gasteiger partial charge in [-0.3, -0.25) is 9.59 Å². The molecule has 0 unspecified atom stereocenters. The molecule has 0 saturated heterocycles. The highest BCUT2D eigenvalue weighted by Crippen LogP contribution is 2.13. The van der Waals surface area contributed by atoms with Crippen LogP contribution in [0.5, 0.6) is 0 Å². The van der Waals surface area contributed by atoms with E-state index in [1.807, 2.05) is 0 Å². The number of carbonyl (C=O) groups excluding carboxylic acids is 2. The average molecular weight is 333 g/mol. The standard InChI is InChI=1S/C18H17F2NO3/c19-14-5-6-15(16(20)9-14)17(23)7-8-18(24)21-10-12-3-1-2-4-13(12)11-22/h1-6,9,22H,7-8,10-11H2,(H,21,24). The minimum atomic E-state index is -0.933. The number of Topliss-reactive ketones (excluding diaryl/α,β-unsaturated/α-hetero) is 1. The van der Waals surface area contributed by atoms with Crippen molar-refractivity contribution in [1.29, 1.82) is 0 Å². The Morgan fingerprint density at radius 1 is 1.00 bits per heavy atom. The van der Waals surface area contributed by atoms with E-state index in [4.69, 9.17) is 0 Å². The van der Waals surface area contributed by atoms with Crippen LogP contribution in [0.3, 0.4) is 0 Å². The van der Waals surface area contributed by atoms with Gasteiger partial charge in [-0.25, -0.2) is 8.78 Å². The maximum atomic E-state index is 13.5. The molecule has 6 heteroatoms. The first kappa shape index (κ1) is 17.7. The van der Waals surface area contributed by atoms with Gasteiger partial charge >= 0.3 is 0 Å². The first-order chi connectivity index (χ1) is 11.5. The Morgan fingerprint density at radius 3 is 2.38 bits per heavy atom. The first-order valence-corrected chi connectivity index (χ1v) is 7.44. The Balaban J connectivity index is 1.85. The number of halogens is 2. The summed E-state index contributed by atoms with van der Waals surface area (Å²) in [5.74, 6) is -2.61. The molecule has 0 radical (unpaired) electrons. The van der Waals surface area contributed by atoms with E-state index in [-0.39, 0.29) is 37.5 Å². The van der Waals surface area contributed by atoms with Crippen LogP contribution in [-0.4, -0.2) is 16.8 Å². The Morgan fingerprint density at radius 2 is 1.71 bits per heavy atom. The highest BCUT2D eigenvalue weighted by Gasteiger charge is 2.14. The van der Waals surface area contributed by atoms with E-state index in [9.17, 15) is 23.5 Å². The minimum Gasteiger partial charge on any atom is -0.392 e. The molecule has 0 aliphatic carbocycles. The van der Waals surface area contributed by atoms with Crippen molar-refractivity contribution < 1.29 is 23.5 Å². The summed E-state index contributed by atoms with van der Waals surface area (Å²) in [6, 6.07) is 9.82. The van der Waals surface area contributed by atoms with Gasteiger partial charge in [-0.2, -0.15) is 0 Å². The lowest BCUT2D eigenvalue weighted by atomic mass is 10.1. The Hall–Kier alpha value is -2.60. The molecule has 126 valence electrons. The summed E-state index contributed by atoms with van der Waals surface area (Å²) in [6.07, 6.45) is -0.271. The predicted molar refractivity (Wildman–Crippen MR) is 84.1 cm³/mol. The topological polar surface area (TPSA) is 66.4 Å². The molecule has 0 aliphatic rings. The molecule has 4 nitrogen and oxygen atoms in total. The second kappa shape index (κ2) is 8.31. The van der Waals surface area contributed by atoms with Crippen molar-refractivity contribution in [3.63, 3.8) is 0 Å². The quantitative estimate of drug-likeness (QED) is 0.766. The van der Waals surface area contributed by atoms with Crippen molar-refractivity contribution >= 4 is 11.7 Å². The van der Waals surface area contributed by atoms with Crippen molar-refractivity contribution in [2.75, 3.05) is 0 Å². The summed E-state index contributed by atoms with van der Waals surface area (Å²) in [6.45, 7) is 0.100. The molecular formula is C18H17F2NO3. The highest BCUT2D eigenvalue weighted by atomic mass is 19.1. The molecule has 0 atom stereocenters. The largest absolute Gasteiger partial charge is 0.392 e. The smallest absolute Gasteiger partial charge is 0.220 e. The summed E-state index contributed by atoms with van der Waals surface area (Å²) in [4.78, 5) is 23.7. The third-order valence-corrected chi connectivity index (χ3v) is 3.58. The average Bonchev–Trinajstić information content (AvgIpc) is 2.58. The Kier molecular flexibility index (Phi) is 6.14. The maximum Gasteiger partial charge on any atom is 0.220 e. The summed E-state index contributed by atoms with van der Waals surface area (Å²) in [5, 5.41) is 11.9. The molecule has 0 bridgehead atoms. The first-order valence-electron chi connectivity index (χ1n) is 7.44. The molecule has 0 aliphatic heterocycles. The minimum absolute atomic E-state index is 0.100. The van der Waals surface area contributed by atoms with Crippen LogP contribution < -0.4 is 5.32 Å². The van der Waals surface area contributed by atoms with Gasteiger partial charge in [-0.15, -0.1) is 0 Å². The summed E-state index contributed by atoms with van der Waals surface area (Å²) < 4.78 is 26.3. The SMILES string of the molecule is O=C(CCC(=O)c1ccc(F)cc1F)NCc1ccccc1CO. The monoisotopic (exact) mass is 333 g/mol. The number of aliphatic hydroxyl groups is 1. The van der Waals surface area contributed by atoms with Crippen molar-refractivity contribution in [3.05, 3.63) is 70.8 Å². The molecule has 2 aromatic rings. The van der Waals surface area contributed by atoms with E-state index < -0.39 is 17.4 Å². The number of hydrogen-bond acceptors (Lipinski definition) is 3. The van der Waals surface area contributed by atoms with Crippen LogP contribution in [0.15, 0.2) is 42.5 Å². The third kappa shape index (κ3) is 4.70. The van der Waals surface area contributed by atoms with E-state index >= 15 is 0 Å². The van der Waals surface area contributed by atoms with Crippen molar-refractivity contribution in [2.45, 2.75) is 26.0 Å². The lowest BCUT2D eigenvalue weighted by Crippen LogP contribution is -2.24. The molecule has 1 amide bonds. The van der Waals surface area contributed by atoms with Crippen LogP contribution in [0.1, 0.15) is 34.3 Å². The molecule has 2 rings (SSSR count). The van der Waals surface area contributed by atoms with E-state index in [0.717, 1.165) is 17.7 Å². The highest BCUT2D eigenvalue weighted by molar-refractivity contribution is 5.98. The number of rotatable bonds is 7. The van der Waals surface area contributed by atoms with Gasteiger partial charge < -0.3 is 10.4 Å². The van der Waals surface area contributed by atoms with Gasteiger partial charge in [0.25, 0.3) is 0 Å². The normalized spacial score (nSPS) is 10.5. The summed E-state index contributed by atoms with van der Waals surface area (Å²) >= 11 is 0. The number of benzene rings is 2. The molecule has 24 heavy (non-hydrogen) atoms. The molecule has 0 aromatic heterocycles. The second-order valence-electron chi connectivity index (χ2n) is 5.25. The molecule has 0 spiro atoms. The van der Waals surface area contributed by atoms with E-state index in [1.165, 1.54) is 0 Å². The van der Waals surface area contributed by atoms with Gasteiger partial charge in [0.15, 0.2) is 5.78 Å². The van der Waals surface area contributed by atoms with Crippen molar-refractivity contribution in [3.8, 4) is 0 Å². The van der Waals surface area contributed by atoms with Crippen LogP contribution in [0, 0.1) is 11.6 Å². The summed E-state index contributed by atoms with van der Waals surface area (Å²) in [7, 11) is 0. The summed E-state index contributed by atoms with van der Waals surface area (Å²) in [5.41, 5.74) is 1.27. The zero-order valence-corrected chi connectivity index (χ0v) is 12.9. The zero-order chi connectivity index (χ0) is 17.5. The number of nitrogens with one attached hydrogen (secondary N) is 1. The van der Waals surface area contributed by atoms with E-state index in [2.05, 4.69) is 5.32 Å². The lowest BCUT2D eigenvalue weighted by Gasteiger charge is -2.09. The Bertz CT molecular complexity index is 747. The molecule has 0 saturated carbocycles. The molecule has 0 heterocycles. The van der Waals surface area contributed by atoms with Crippen LogP contribution >= 0.6 is 0 Å². The number of amides is 1. The zero-order valence-electron chi connectivity index (χ0n) is 12.9. The maximum absolute atomic E-state index is 13.5. The molecule has 2 N–H and O–H groups in total. The van der Waals surface area contributed by atoms with Crippen LogP contribution in [-0.2, 0) is 17.9 Å². The molecule has 2 aromatic carbocycles. The van der Waals surface area contributed by atoms with Gasteiger partial charge in [0, 0.05) is 25.5 Å². The van der Waals surface area contributed by atoms with E-state index in [1.54, 1.807) is 24.3 Å². The molecular weight excluding hydrogens is 316 g/mol. The Labute approximate surface area is 138 Å². The van der Waals surface area contributed by atoms with Gasteiger partial charge in [0.1, 0.15) is 11.6 Å². The van der Waals surface area contributed by atoms with Gasteiger partial charge in [0.2, 0.25) is 5.91 Å². The van der Waals surface area contributed by atoms with Crippen LogP contribution in [0.2, 0.25) is 0 Å². The van der Waals surface area contributed by atoms with Crippen LogP contribution in [0.4, 0.5) is 8.78 Å². The number of ketones is 1. The van der Waals surface area contributed by atoms with Gasteiger partial charge in [0.05, 0.1) is 12.2 Å². The fourth-order valence-electron chi connectivity index (χ4n) is 2.24.